The fourth-order valence-corrected chi connectivity index (χ4v) is 11.7. The van der Waals surface area contributed by atoms with Crippen molar-refractivity contribution in [3.63, 3.8) is 0 Å². The molecule has 2 heterocycles. The third-order valence-corrected chi connectivity index (χ3v) is 14.3. The quantitative estimate of drug-likeness (QED) is 0.312. The molecule has 1 aromatic rings. The number of hydrogen-bond donors (Lipinski definition) is 0. The second kappa shape index (κ2) is 12.2. The van der Waals surface area contributed by atoms with Crippen molar-refractivity contribution in [2.45, 2.75) is 122 Å². The Kier molecular flexibility index (Phi) is 8.59. The van der Waals surface area contributed by atoms with Crippen LogP contribution in [0.3, 0.4) is 0 Å². The van der Waals surface area contributed by atoms with Crippen LogP contribution in [0, 0.1) is 40.9 Å². The highest BCUT2D eigenvalue weighted by Gasteiger charge is 2.60. The summed E-state index contributed by atoms with van der Waals surface area (Å²) >= 11 is 0. The van der Waals surface area contributed by atoms with Gasteiger partial charge in [0.2, 0.25) is 5.91 Å². The summed E-state index contributed by atoms with van der Waals surface area (Å²) < 4.78 is 7.32. The summed E-state index contributed by atoms with van der Waals surface area (Å²) in [7, 11) is 1.99. The number of benzene rings is 1. The number of hydrogen-bond acceptors (Lipinski definition) is 4. The lowest BCUT2D eigenvalue weighted by atomic mass is 9.52. The molecule has 4 aliphatic carbocycles. The van der Waals surface area contributed by atoms with Gasteiger partial charge < -0.3 is 9.64 Å². The van der Waals surface area contributed by atoms with Crippen molar-refractivity contribution in [3.8, 4) is 0 Å². The first-order valence-electron chi connectivity index (χ1n) is 18.5. The van der Waals surface area contributed by atoms with Gasteiger partial charge in [-0.3, -0.25) is 14.5 Å². The molecule has 2 saturated heterocycles. The van der Waals surface area contributed by atoms with E-state index < -0.39 is 0 Å². The topological polar surface area (TPSA) is 49.9 Å². The number of ketones is 1. The van der Waals surface area contributed by atoms with Crippen LogP contribution >= 0.6 is 0 Å². The Labute approximate surface area is 272 Å². The van der Waals surface area contributed by atoms with Crippen molar-refractivity contribution >= 4 is 11.7 Å². The monoisotopic (exact) mass is 614 g/mol. The van der Waals surface area contributed by atoms with Crippen molar-refractivity contribution in [1.29, 1.82) is 0 Å². The zero-order valence-electron chi connectivity index (χ0n) is 28.7. The summed E-state index contributed by atoms with van der Waals surface area (Å²) in [4.78, 5) is 30.1. The number of likely N-dealkylation sites (N-methyl/N-ethyl adjacent to an activating group) is 1. The van der Waals surface area contributed by atoms with Crippen LogP contribution in [0.5, 0.6) is 0 Å². The minimum atomic E-state index is -0.0651. The number of nitrogens with zero attached hydrogens (tertiary/aromatic N) is 2. The van der Waals surface area contributed by atoms with Gasteiger partial charge in [0.15, 0.2) is 0 Å². The van der Waals surface area contributed by atoms with Crippen LogP contribution in [0.2, 0.25) is 0 Å². The van der Waals surface area contributed by atoms with E-state index in [4.69, 9.17) is 4.74 Å². The van der Waals surface area contributed by atoms with Gasteiger partial charge in [0, 0.05) is 57.9 Å². The summed E-state index contributed by atoms with van der Waals surface area (Å²) in [6, 6.07) is 10.8. The highest BCUT2D eigenvalue weighted by molar-refractivity contribution is 5.79. The first-order chi connectivity index (χ1) is 21.6. The van der Waals surface area contributed by atoms with E-state index in [1.807, 2.05) is 18.0 Å². The summed E-state index contributed by atoms with van der Waals surface area (Å²) in [5.41, 5.74) is 4.94. The van der Waals surface area contributed by atoms with E-state index in [0.29, 0.717) is 53.4 Å². The Hall–Kier alpha value is -1.98. The molecule has 5 fully saturated rings. The summed E-state index contributed by atoms with van der Waals surface area (Å²) in [5.74, 6) is 4.74. The lowest BCUT2D eigenvalue weighted by molar-refractivity contribution is -0.131. The smallest absolute Gasteiger partial charge is 0.222 e. The van der Waals surface area contributed by atoms with Crippen molar-refractivity contribution in [2.75, 3.05) is 26.7 Å². The van der Waals surface area contributed by atoms with Crippen LogP contribution in [-0.4, -0.2) is 65.9 Å². The highest BCUT2D eigenvalue weighted by Crippen LogP contribution is 2.65. The van der Waals surface area contributed by atoms with Crippen LogP contribution in [0.4, 0.5) is 0 Å². The third kappa shape index (κ3) is 5.66. The molecule has 7 rings (SSSR count). The minimum absolute atomic E-state index is 0.0651. The summed E-state index contributed by atoms with van der Waals surface area (Å²) in [5, 5.41) is 0. The highest BCUT2D eigenvalue weighted by atomic mass is 16.5. The molecule has 0 radical (unpaired) electrons. The maximum absolute atomic E-state index is 13.0. The van der Waals surface area contributed by atoms with Gasteiger partial charge in [0.25, 0.3) is 0 Å². The fraction of sp³-hybridized carbons (Fsp3) is 0.750. The standard InChI is InChI=1S/C40H58N2O3/c1-26-21-36-38(42(25-26)20-19-41(5)37(44)14-11-29-9-7-6-8-10-29)28(3)40(45-36)18-16-32-33-13-12-30-22-31(43)15-17-39(30,4)35(33)23-34(32)27(2)24-40/h6-10,26,28,30,32-33,35-36,38H,11-25H2,1-5H3. The molecular formula is C40H58N2O3. The Morgan fingerprint density at radius 3 is 2.69 bits per heavy atom. The van der Waals surface area contributed by atoms with Gasteiger partial charge in [-0.2, -0.15) is 0 Å². The lowest BCUT2D eigenvalue weighted by Crippen LogP contribution is -2.53. The summed E-state index contributed by atoms with van der Waals surface area (Å²) in [6.45, 7) is 12.7. The molecule has 45 heavy (non-hydrogen) atoms. The van der Waals surface area contributed by atoms with Crippen molar-refractivity contribution in [2.24, 2.45) is 40.9 Å². The first-order valence-corrected chi connectivity index (χ1v) is 18.5. The normalized spacial score (nSPS) is 41.3. The molecule has 1 amide bonds. The van der Waals surface area contributed by atoms with E-state index in [2.05, 4.69) is 56.9 Å². The number of rotatable bonds is 6. The number of fused-ring (bicyclic) bond motifs is 6. The molecule has 0 bridgehead atoms. The Morgan fingerprint density at radius 2 is 1.89 bits per heavy atom. The molecule has 1 aromatic carbocycles. The predicted octanol–water partition coefficient (Wildman–Crippen LogP) is 7.48. The number of carbonyl (C=O) groups is 2. The Morgan fingerprint density at radius 1 is 1.09 bits per heavy atom. The van der Waals surface area contributed by atoms with E-state index in [1.165, 1.54) is 37.7 Å². The second-order valence-electron chi connectivity index (χ2n) is 16.8. The molecular weight excluding hydrogens is 556 g/mol. The predicted molar refractivity (Wildman–Crippen MR) is 180 cm³/mol. The zero-order valence-corrected chi connectivity index (χ0v) is 28.7. The Balaban J connectivity index is 1.03. The van der Waals surface area contributed by atoms with Crippen molar-refractivity contribution in [1.82, 2.24) is 9.80 Å². The Bertz CT molecular complexity index is 1310. The number of allylic oxidation sites excluding steroid dienone is 1. The van der Waals surface area contributed by atoms with Crippen LogP contribution in [0.25, 0.3) is 0 Å². The van der Waals surface area contributed by atoms with E-state index in [1.54, 1.807) is 11.1 Å². The molecule has 5 nitrogen and oxygen atoms in total. The number of ether oxygens (including phenoxy) is 1. The number of likely N-dealkylation sites (tertiary alicyclic amines) is 1. The first kappa shape index (κ1) is 31.6. The average molecular weight is 615 g/mol. The molecule has 10 atom stereocenters. The average Bonchev–Trinajstić information content (AvgIpc) is 3.49. The van der Waals surface area contributed by atoms with Gasteiger partial charge in [-0.1, -0.05) is 62.2 Å². The minimum Gasteiger partial charge on any atom is -0.369 e. The molecule has 6 aliphatic rings. The number of amides is 1. The van der Waals surface area contributed by atoms with Crippen molar-refractivity contribution in [3.05, 3.63) is 47.0 Å². The van der Waals surface area contributed by atoms with Gasteiger partial charge in [0.05, 0.1) is 11.7 Å². The van der Waals surface area contributed by atoms with Crippen LogP contribution in [-0.2, 0) is 20.7 Å². The molecule has 2 aliphatic heterocycles. The molecule has 3 saturated carbocycles. The maximum atomic E-state index is 13.0. The number of Topliss-reactive ketones (excluding diaryl/α,β-unsaturated/α-hetero) is 1. The molecule has 0 aromatic heterocycles. The van der Waals surface area contributed by atoms with Gasteiger partial charge >= 0.3 is 0 Å². The number of carbonyl (C=O) groups excluding carboxylic acids is 2. The molecule has 10 unspecified atom stereocenters. The fourth-order valence-electron chi connectivity index (χ4n) is 11.7. The number of piperidine rings is 1. The van der Waals surface area contributed by atoms with Crippen LogP contribution < -0.4 is 0 Å². The van der Waals surface area contributed by atoms with Gasteiger partial charge in [-0.15, -0.1) is 0 Å². The van der Waals surface area contributed by atoms with Gasteiger partial charge in [-0.25, -0.2) is 0 Å². The molecule has 1 spiro atoms. The van der Waals surface area contributed by atoms with E-state index in [9.17, 15) is 9.59 Å². The molecule has 5 heteroatoms. The zero-order chi connectivity index (χ0) is 31.5. The summed E-state index contributed by atoms with van der Waals surface area (Å²) in [6.07, 6.45) is 13.0. The van der Waals surface area contributed by atoms with Crippen LogP contribution in [0.15, 0.2) is 41.5 Å². The third-order valence-electron chi connectivity index (χ3n) is 14.3. The van der Waals surface area contributed by atoms with Crippen molar-refractivity contribution < 1.29 is 14.3 Å². The lowest BCUT2D eigenvalue weighted by Gasteiger charge is -2.52. The second-order valence-corrected chi connectivity index (χ2v) is 16.8. The van der Waals surface area contributed by atoms with Gasteiger partial charge in [0.1, 0.15) is 5.78 Å². The SMILES string of the molecule is CC1=C2CC3C(CCC4CC(=O)CCC43C)C2CCC2(C1)OC1CC(C)CN(CCN(C)C(=O)CCc3ccccc3)C1C2C. The van der Waals surface area contributed by atoms with E-state index >= 15 is 0 Å². The maximum Gasteiger partial charge on any atom is 0.222 e. The largest absolute Gasteiger partial charge is 0.369 e. The van der Waals surface area contributed by atoms with Crippen LogP contribution in [0.1, 0.15) is 104 Å². The van der Waals surface area contributed by atoms with Gasteiger partial charge in [-0.05, 0) is 105 Å². The molecule has 0 N–H and O–H groups in total. The van der Waals surface area contributed by atoms with E-state index in [0.717, 1.165) is 70.0 Å². The molecule has 246 valence electrons. The number of aryl methyl sites for hydroxylation is 1. The van der Waals surface area contributed by atoms with E-state index in [-0.39, 0.29) is 11.5 Å².